The lowest BCUT2D eigenvalue weighted by atomic mass is 10.1. The second kappa shape index (κ2) is 10.2. The fraction of sp³-hybridized carbons (Fsp3) is 0.440. The van der Waals surface area contributed by atoms with Crippen molar-refractivity contribution in [2.24, 2.45) is 0 Å². The molecule has 1 atom stereocenters. The number of amides is 1. The van der Waals surface area contributed by atoms with Crippen molar-refractivity contribution in [1.82, 2.24) is 4.98 Å². The van der Waals surface area contributed by atoms with Gasteiger partial charge in [-0.3, -0.25) is 9.69 Å². The quantitative estimate of drug-likeness (QED) is 0.296. The number of carbonyl (C=O) groups excluding carboxylic acids is 1. The van der Waals surface area contributed by atoms with E-state index in [-0.39, 0.29) is 12.0 Å². The molecule has 1 aliphatic rings. The Morgan fingerprint density at radius 3 is 2.74 bits per heavy atom. The van der Waals surface area contributed by atoms with Crippen molar-refractivity contribution in [3.05, 3.63) is 53.1 Å². The van der Waals surface area contributed by atoms with Gasteiger partial charge in [-0.25, -0.2) is 4.98 Å². The summed E-state index contributed by atoms with van der Waals surface area (Å²) in [6.45, 7) is 7.68. The first kappa shape index (κ1) is 22.3. The Morgan fingerprint density at radius 2 is 2.00 bits per heavy atom. The van der Waals surface area contributed by atoms with Crippen LogP contribution in [0.2, 0.25) is 0 Å². The molecule has 1 saturated heterocycles. The highest BCUT2D eigenvalue weighted by Crippen LogP contribution is 2.33. The Bertz CT molecular complexity index is 1040. The molecule has 1 unspecified atom stereocenters. The van der Waals surface area contributed by atoms with Crippen molar-refractivity contribution in [1.29, 1.82) is 0 Å². The number of thioether (sulfide) groups is 1. The molecule has 4 nitrogen and oxygen atoms in total. The van der Waals surface area contributed by atoms with Crippen molar-refractivity contribution in [2.75, 3.05) is 23.8 Å². The third-order valence-corrected chi connectivity index (χ3v) is 7.71. The minimum Gasteiger partial charge on any atom is -0.376 e. The highest BCUT2D eigenvalue weighted by Gasteiger charge is 2.26. The van der Waals surface area contributed by atoms with Gasteiger partial charge < -0.3 is 4.74 Å². The van der Waals surface area contributed by atoms with E-state index >= 15 is 0 Å². The van der Waals surface area contributed by atoms with E-state index in [2.05, 4.69) is 57.2 Å². The Labute approximate surface area is 193 Å². The lowest BCUT2D eigenvalue weighted by molar-refractivity contribution is -0.119. The summed E-state index contributed by atoms with van der Waals surface area (Å²) in [5, 5.41) is 0.801. The molecule has 4 rings (SSSR count). The van der Waals surface area contributed by atoms with Gasteiger partial charge in [-0.05, 0) is 75.1 Å². The average Bonchev–Trinajstić information content (AvgIpc) is 3.40. The molecule has 1 aromatic heterocycles. The van der Waals surface area contributed by atoms with Crippen LogP contribution in [0.5, 0.6) is 0 Å². The first-order valence-corrected chi connectivity index (χ1v) is 12.8. The molecular weight excluding hydrogens is 424 g/mol. The number of carbonyl (C=O) groups is 1. The molecule has 0 bridgehead atoms. The Balaban J connectivity index is 1.44. The summed E-state index contributed by atoms with van der Waals surface area (Å²) >= 11 is 3.43. The molecule has 2 aromatic carbocycles. The van der Waals surface area contributed by atoms with Crippen LogP contribution in [0.4, 0.5) is 5.13 Å². The third kappa shape index (κ3) is 5.68. The van der Waals surface area contributed by atoms with Crippen molar-refractivity contribution in [2.45, 2.75) is 57.5 Å². The van der Waals surface area contributed by atoms with E-state index in [1.165, 1.54) is 16.0 Å². The van der Waals surface area contributed by atoms with Gasteiger partial charge in [0.15, 0.2) is 5.13 Å². The van der Waals surface area contributed by atoms with Crippen LogP contribution in [-0.2, 0) is 9.53 Å². The van der Waals surface area contributed by atoms with Crippen LogP contribution in [0.1, 0.15) is 42.4 Å². The maximum atomic E-state index is 13.2. The normalized spacial score (nSPS) is 16.2. The Kier molecular flexibility index (Phi) is 7.31. The summed E-state index contributed by atoms with van der Waals surface area (Å²) in [4.78, 5) is 21.2. The topological polar surface area (TPSA) is 42.4 Å². The molecule has 0 radical (unpaired) electrons. The van der Waals surface area contributed by atoms with Crippen molar-refractivity contribution < 1.29 is 9.53 Å². The minimum atomic E-state index is 0.112. The zero-order valence-electron chi connectivity index (χ0n) is 18.5. The van der Waals surface area contributed by atoms with E-state index in [0.717, 1.165) is 52.5 Å². The van der Waals surface area contributed by atoms with Crippen LogP contribution in [0.25, 0.3) is 10.2 Å². The maximum Gasteiger partial charge on any atom is 0.228 e. The first-order valence-electron chi connectivity index (χ1n) is 11.0. The average molecular weight is 455 g/mol. The predicted octanol–water partition coefficient (Wildman–Crippen LogP) is 6.31. The van der Waals surface area contributed by atoms with Gasteiger partial charge in [-0.15, -0.1) is 11.8 Å². The first-order chi connectivity index (χ1) is 15.0. The van der Waals surface area contributed by atoms with Gasteiger partial charge in [-0.2, -0.15) is 0 Å². The van der Waals surface area contributed by atoms with Crippen LogP contribution in [0, 0.1) is 20.8 Å². The van der Waals surface area contributed by atoms with Crippen molar-refractivity contribution >= 4 is 44.4 Å². The van der Waals surface area contributed by atoms with Gasteiger partial charge in [0.25, 0.3) is 0 Å². The van der Waals surface area contributed by atoms with E-state index in [9.17, 15) is 4.79 Å². The van der Waals surface area contributed by atoms with Gasteiger partial charge in [0.05, 0.1) is 22.9 Å². The molecule has 2 heterocycles. The van der Waals surface area contributed by atoms with Crippen LogP contribution in [0.15, 0.2) is 41.3 Å². The fourth-order valence-corrected chi connectivity index (χ4v) is 5.96. The zero-order valence-corrected chi connectivity index (χ0v) is 20.2. The summed E-state index contributed by atoms with van der Waals surface area (Å²) in [5.41, 5.74) is 4.66. The molecule has 1 amide bonds. The standard InChI is InChI=1S/C25H30N2O2S2/c1-17-8-10-21(11-9-17)30-13-5-7-23(28)27(16-20-6-4-12-29-20)25-26-24-19(3)14-18(2)15-22(24)31-25/h8-11,14-15,20H,4-7,12-13,16H2,1-3H3. The third-order valence-electron chi connectivity index (χ3n) is 5.59. The van der Waals surface area contributed by atoms with E-state index in [0.29, 0.717) is 13.0 Å². The second-order valence-electron chi connectivity index (χ2n) is 8.33. The number of aromatic nitrogens is 1. The largest absolute Gasteiger partial charge is 0.376 e. The Morgan fingerprint density at radius 1 is 1.19 bits per heavy atom. The zero-order chi connectivity index (χ0) is 21.8. The summed E-state index contributed by atoms with van der Waals surface area (Å²) in [6, 6.07) is 12.9. The number of hydrogen-bond acceptors (Lipinski definition) is 5. The molecule has 0 saturated carbocycles. The van der Waals surface area contributed by atoms with E-state index in [1.807, 2.05) is 16.7 Å². The molecular formula is C25H30N2O2S2. The summed E-state index contributed by atoms with van der Waals surface area (Å²) < 4.78 is 6.99. The maximum absolute atomic E-state index is 13.2. The number of hydrogen-bond donors (Lipinski definition) is 0. The lowest BCUT2D eigenvalue weighted by Gasteiger charge is -2.23. The van der Waals surface area contributed by atoms with Gasteiger partial charge in [-0.1, -0.05) is 35.1 Å². The lowest BCUT2D eigenvalue weighted by Crippen LogP contribution is -2.37. The van der Waals surface area contributed by atoms with E-state index < -0.39 is 0 Å². The van der Waals surface area contributed by atoms with Gasteiger partial charge in [0.2, 0.25) is 5.91 Å². The van der Waals surface area contributed by atoms with Crippen LogP contribution < -0.4 is 4.90 Å². The second-order valence-corrected chi connectivity index (χ2v) is 10.5. The predicted molar refractivity (Wildman–Crippen MR) is 132 cm³/mol. The molecule has 3 aromatic rings. The number of fused-ring (bicyclic) bond motifs is 1. The number of benzene rings is 2. The number of ether oxygens (including phenoxy) is 1. The SMILES string of the molecule is Cc1ccc(SCCCC(=O)N(CC2CCCO2)c2nc3c(C)cc(C)cc3s2)cc1. The number of aryl methyl sites for hydroxylation is 3. The molecule has 0 aliphatic carbocycles. The number of anilines is 1. The molecule has 1 aliphatic heterocycles. The molecule has 164 valence electrons. The van der Waals surface area contributed by atoms with Crippen LogP contribution in [0.3, 0.4) is 0 Å². The molecule has 1 fully saturated rings. The van der Waals surface area contributed by atoms with Crippen LogP contribution in [-0.4, -0.2) is 35.9 Å². The van der Waals surface area contributed by atoms with Crippen LogP contribution >= 0.6 is 23.1 Å². The fourth-order valence-electron chi connectivity index (χ4n) is 3.94. The Hall–Kier alpha value is -1.89. The van der Waals surface area contributed by atoms with Crippen molar-refractivity contribution in [3.8, 4) is 0 Å². The summed E-state index contributed by atoms with van der Waals surface area (Å²) in [7, 11) is 0. The molecule has 0 N–H and O–H groups in total. The number of thiazole rings is 1. The molecule has 0 spiro atoms. The number of rotatable bonds is 8. The number of nitrogens with zero attached hydrogens (tertiary/aromatic N) is 2. The van der Waals surface area contributed by atoms with E-state index in [4.69, 9.17) is 9.72 Å². The van der Waals surface area contributed by atoms with E-state index in [1.54, 1.807) is 11.3 Å². The smallest absolute Gasteiger partial charge is 0.228 e. The molecule has 6 heteroatoms. The summed E-state index contributed by atoms with van der Waals surface area (Å²) in [5.74, 6) is 1.08. The van der Waals surface area contributed by atoms with Crippen molar-refractivity contribution in [3.63, 3.8) is 0 Å². The minimum absolute atomic E-state index is 0.112. The monoisotopic (exact) mass is 454 g/mol. The van der Waals surface area contributed by atoms with Gasteiger partial charge in [0.1, 0.15) is 0 Å². The highest BCUT2D eigenvalue weighted by atomic mass is 32.2. The summed E-state index contributed by atoms with van der Waals surface area (Å²) in [6.07, 6.45) is 3.57. The highest BCUT2D eigenvalue weighted by molar-refractivity contribution is 7.99. The van der Waals surface area contributed by atoms with Gasteiger partial charge in [0, 0.05) is 17.9 Å². The molecule has 31 heavy (non-hydrogen) atoms. The van der Waals surface area contributed by atoms with Gasteiger partial charge >= 0.3 is 0 Å².